The van der Waals surface area contributed by atoms with E-state index in [0.29, 0.717) is 0 Å². The quantitative estimate of drug-likeness (QED) is 0.168. The first-order valence-corrected chi connectivity index (χ1v) is 14.6. The van der Waals surface area contributed by atoms with Crippen LogP contribution in [0.5, 0.6) is 0 Å². The molecule has 2 N–H and O–H groups in total. The van der Waals surface area contributed by atoms with E-state index in [1.807, 2.05) is 13.0 Å². The molecule has 12 nitrogen and oxygen atoms in total. The summed E-state index contributed by atoms with van der Waals surface area (Å²) in [7, 11) is 0. The number of hydrogen-bond acceptors (Lipinski definition) is 12. The lowest BCUT2D eigenvalue weighted by Gasteiger charge is -2.43. The molecule has 2 saturated heterocycles. The molecule has 2 heterocycles. The largest absolute Gasteiger partial charge is 0.455 e. The number of carbonyl (C=O) groups excluding carboxylic acids is 3. The maximum absolute atomic E-state index is 12.0. The zero-order valence-electron chi connectivity index (χ0n) is 26.3. The lowest BCUT2D eigenvalue weighted by Crippen LogP contribution is -2.61. The summed E-state index contributed by atoms with van der Waals surface area (Å²) in [6.07, 6.45) is 0.145. The van der Waals surface area contributed by atoms with Crippen molar-refractivity contribution in [2.75, 3.05) is 19.8 Å². The summed E-state index contributed by atoms with van der Waals surface area (Å²) in [5.74, 6) is -2.07. The topological polar surface area (TPSA) is 156 Å². The highest BCUT2D eigenvalue weighted by molar-refractivity contribution is 5.67. The van der Waals surface area contributed by atoms with Gasteiger partial charge >= 0.3 is 17.9 Å². The van der Waals surface area contributed by atoms with Crippen molar-refractivity contribution < 1.29 is 57.8 Å². The Bertz CT molecular complexity index is 1010. The van der Waals surface area contributed by atoms with Crippen molar-refractivity contribution in [2.24, 2.45) is 0 Å². The van der Waals surface area contributed by atoms with E-state index in [0.717, 1.165) is 38.2 Å². The van der Waals surface area contributed by atoms with Crippen LogP contribution >= 0.6 is 0 Å². The van der Waals surface area contributed by atoms with E-state index in [2.05, 4.69) is 32.9 Å². The standard InChI is InChI=1S/C31H48O12/c1-18(2)10-8-11-19(3)12-9-13-20(4)14-15-37-30-29(42-23(7)34)27(40-21(5)32)25(17-39-30)43-31-28(41-22(6)33)26(36)24(35)16-38-31/h10,12,14,24-31,35-36H,8-9,11,13,15-17H2,1-7H3. The summed E-state index contributed by atoms with van der Waals surface area (Å²) < 4.78 is 39.3. The van der Waals surface area contributed by atoms with Crippen LogP contribution < -0.4 is 0 Å². The third kappa shape index (κ3) is 12.9. The molecule has 43 heavy (non-hydrogen) atoms. The van der Waals surface area contributed by atoms with Crippen molar-refractivity contribution >= 4 is 17.9 Å². The molecule has 244 valence electrons. The molecule has 8 atom stereocenters. The molecular formula is C31H48O12. The number of esters is 3. The van der Waals surface area contributed by atoms with E-state index < -0.39 is 67.1 Å². The lowest BCUT2D eigenvalue weighted by molar-refractivity contribution is -0.330. The fraction of sp³-hybridized carbons (Fsp3) is 0.710. The third-order valence-electron chi connectivity index (χ3n) is 6.84. The van der Waals surface area contributed by atoms with E-state index in [1.54, 1.807) is 0 Å². The Morgan fingerprint density at radius 3 is 1.84 bits per heavy atom. The molecule has 0 aromatic heterocycles. The van der Waals surface area contributed by atoms with Gasteiger partial charge in [-0.1, -0.05) is 34.9 Å². The Kier molecular flexibility index (Phi) is 15.5. The number of aliphatic hydroxyl groups is 2. The Morgan fingerprint density at radius 1 is 0.698 bits per heavy atom. The van der Waals surface area contributed by atoms with Crippen molar-refractivity contribution in [1.29, 1.82) is 0 Å². The number of allylic oxidation sites excluding steroid dienone is 5. The normalized spacial score (nSPS) is 29.9. The van der Waals surface area contributed by atoms with Gasteiger partial charge in [-0.05, 0) is 53.4 Å². The summed E-state index contributed by atoms with van der Waals surface area (Å²) in [6, 6.07) is 0. The van der Waals surface area contributed by atoms with Gasteiger partial charge in [0.15, 0.2) is 30.9 Å². The van der Waals surface area contributed by atoms with Crippen LogP contribution in [0.3, 0.4) is 0 Å². The fourth-order valence-electron chi connectivity index (χ4n) is 4.65. The van der Waals surface area contributed by atoms with Crippen molar-refractivity contribution in [3.05, 3.63) is 34.9 Å². The van der Waals surface area contributed by atoms with E-state index in [-0.39, 0.29) is 19.8 Å². The Morgan fingerprint density at radius 2 is 1.23 bits per heavy atom. The third-order valence-corrected chi connectivity index (χ3v) is 6.84. The predicted molar refractivity (Wildman–Crippen MR) is 154 cm³/mol. The Labute approximate surface area is 253 Å². The van der Waals surface area contributed by atoms with Crippen molar-refractivity contribution in [2.45, 2.75) is 123 Å². The molecule has 0 radical (unpaired) electrons. The lowest BCUT2D eigenvalue weighted by atomic mass is 10.0. The highest BCUT2D eigenvalue weighted by Gasteiger charge is 2.50. The fourth-order valence-corrected chi connectivity index (χ4v) is 4.65. The average molecular weight is 613 g/mol. The number of hydrogen-bond donors (Lipinski definition) is 2. The van der Waals surface area contributed by atoms with Crippen molar-refractivity contribution in [3.63, 3.8) is 0 Å². The van der Waals surface area contributed by atoms with Crippen LogP contribution in [-0.4, -0.2) is 97.1 Å². The Hall–Kier alpha value is -2.61. The van der Waals surface area contributed by atoms with Gasteiger partial charge in [0.1, 0.15) is 18.3 Å². The molecule has 0 bridgehead atoms. The second-order valence-electron chi connectivity index (χ2n) is 11.2. The van der Waals surface area contributed by atoms with Crippen LogP contribution in [0, 0.1) is 0 Å². The number of rotatable bonds is 14. The Balaban J connectivity index is 2.08. The maximum atomic E-state index is 12.0. The minimum absolute atomic E-state index is 0.153. The predicted octanol–water partition coefficient (Wildman–Crippen LogP) is 3.04. The molecule has 2 fully saturated rings. The van der Waals surface area contributed by atoms with E-state index in [9.17, 15) is 24.6 Å². The SMILES string of the molecule is CC(=O)OC1C(OC2COC(OCC=C(C)CCC=C(C)CCC=C(C)C)C(OC(C)=O)C2OC(C)=O)OCC(O)C1O. The van der Waals surface area contributed by atoms with Gasteiger partial charge in [-0.25, -0.2) is 0 Å². The number of ether oxygens (including phenoxy) is 7. The first-order valence-electron chi connectivity index (χ1n) is 14.6. The average Bonchev–Trinajstić information content (AvgIpc) is 2.90. The molecule has 2 aliphatic rings. The molecule has 0 amide bonds. The molecule has 2 aliphatic heterocycles. The zero-order valence-corrected chi connectivity index (χ0v) is 26.3. The van der Waals surface area contributed by atoms with Crippen LogP contribution in [0.2, 0.25) is 0 Å². The summed E-state index contributed by atoms with van der Waals surface area (Å²) >= 11 is 0. The van der Waals surface area contributed by atoms with E-state index in [4.69, 9.17) is 33.2 Å². The van der Waals surface area contributed by atoms with Gasteiger partial charge < -0.3 is 43.4 Å². The minimum Gasteiger partial charge on any atom is -0.455 e. The molecule has 0 aromatic rings. The van der Waals surface area contributed by atoms with Crippen molar-refractivity contribution in [3.8, 4) is 0 Å². The summed E-state index contributed by atoms with van der Waals surface area (Å²) in [4.78, 5) is 35.7. The molecule has 0 saturated carbocycles. The monoisotopic (exact) mass is 612 g/mol. The summed E-state index contributed by atoms with van der Waals surface area (Å²) in [6.45, 7) is 11.5. The summed E-state index contributed by atoms with van der Waals surface area (Å²) in [5.41, 5.74) is 3.77. The van der Waals surface area contributed by atoms with Gasteiger partial charge in [0.25, 0.3) is 0 Å². The van der Waals surface area contributed by atoms with Crippen molar-refractivity contribution in [1.82, 2.24) is 0 Å². The van der Waals surface area contributed by atoms with Gasteiger partial charge in [-0.2, -0.15) is 0 Å². The molecule has 12 heteroatoms. The molecule has 0 aromatic carbocycles. The smallest absolute Gasteiger partial charge is 0.303 e. The number of aliphatic hydroxyl groups excluding tert-OH is 2. The van der Waals surface area contributed by atoms with Gasteiger partial charge in [0.05, 0.1) is 19.8 Å². The second-order valence-corrected chi connectivity index (χ2v) is 11.2. The molecule has 8 unspecified atom stereocenters. The molecule has 0 aliphatic carbocycles. The number of carbonyl (C=O) groups is 3. The zero-order chi connectivity index (χ0) is 32.1. The van der Waals surface area contributed by atoms with Gasteiger partial charge in [0, 0.05) is 20.8 Å². The van der Waals surface area contributed by atoms with Crippen LogP contribution in [0.25, 0.3) is 0 Å². The molecule has 2 rings (SSSR count). The van der Waals surface area contributed by atoms with Gasteiger partial charge in [-0.15, -0.1) is 0 Å². The maximum Gasteiger partial charge on any atom is 0.303 e. The van der Waals surface area contributed by atoms with E-state index in [1.165, 1.54) is 25.0 Å². The molecule has 0 spiro atoms. The highest BCUT2D eigenvalue weighted by Crippen LogP contribution is 2.29. The van der Waals surface area contributed by atoms with Crippen LogP contribution in [-0.2, 0) is 47.5 Å². The van der Waals surface area contributed by atoms with Gasteiger partial charge in [-0.3, -0.25) is 14.4 Å². The first kappa shape index (κ1) is 36.6. The van der Waals surface area contributed by atoms with Crippen LogP contribution in [0.1, 0.15) is 74.1 Å². The molecular weight excluding hydrogens is 564 g/mol. The van der Waals surface area contributed by atoms with Crippen LogP contribution in [0.15, 0.2) is 34.9 Å². The highest BCUT2D eigenvalue weighted by atomic mass is 16.8. The minimum atomic E-state index is -1.49. The first-order chi connectivity index (χ1) is 20.3. The van der Waals surface area contributed by atoms with Gasteiger partial charge in [0.2, 0.25) is 0 Å². The second kappa shape index (κ2) is 18.3. The summed E-state index contributed by atoms with van der Waals surface area (Å²) in [5, 5.41) is 20.4. The van der Waals surface area contributed by atoms with Crippen LogP contribution in [0.4, 0.5) is 0 Å². The van der Waals surface area contributed by atoms with E-state index >= 15 is 0 Å².